The first-order valence-electron chi connectivity index (χ1n) is 5.77. The van der Waals surface area contributed by atoms with Gasteiger partial charge in [-0.25, -0.2) is 8.42 Å². The lowest BCUT2D eigenvalue weighted by Gasteiger charge is -2.07. The molecule has 1 heterocycles. The van der Waals surface area contributed by atoms with Crippen LogP contribution < -0.4 is 0 Å². The van der Waals surface area contributed by atoms with E-state index in [2.05, 4.69) is 0 Å². The average molecular weight is 294 g/mol. The molecule has 5 heteroatoms. The summed E-state index contributed by atoms with van der Waals surface area (Å²) >= 11 is 1.26. The second-order valence-electron chi connectivity index (χ2n) is 4.43. The molecule has 0 saturated heterocycles. The molecule has 0 aliphatic rings. The van der Waals surface area contributed by atoms with E-state index in [0.717, 1.165) is 5.56 Å². The summed E-state index contributed by atoms with van der Waals surface area (Å²) in [6.45, 7) is 3.57. The van der Waals surface area contributed by atoms with Gasteiger partial charge < -0.3 is 0 Å². The molecule has 0 saturated carbocycles. The Morgan fingerprint density at radius 2 is 1.95 bits per heavy atom. The summed E-state index contributed by atoms with van der Waals surface area (Å²) in [5.41, 5.74) is 1.54. The smallest absolute Gasteiger partial charge is 0.188 e. The SMILES string of the molecule is Cc1ccc(C)c(S(=O)(=O)CC(=O)c2cccs2)c1. The van der Waals surface area contributed by atoms with Crippen LogP contribution in [-0.2, 0) is 9.84 Å². The van der Waals surface area contributed by atoms with Crippen molar-refractivity contribution >= 4 is 27.0 Å². The minimum absolute atomic E-state index is 0.248. The van der Waals surface area contributed by atoms with E-state index < -0.39 is 15.6 Å². The number of benzene rings is 1. The van der Waals surface area contributed by atoms with E-state index in [9.17, 15) is 13.2 Å². The number of rotatable bonds is 4. The molecule has 0 bridgehead atoms. The van der Waals surface area contributed by atoms with Crippen LogP contribution in [0.5, 0.6) is 0 Å². The topological polar surface area (TPSA) is 51.2 Å². The van der Waals surface area contributed by atoms with Gasteiger partial charge in [0.25, 0.3) is 0 Å². The van der Waals surface area contributed by atoms with Crippen molar-refractivity contribution in [2.45, 2.75) is 18.7 Å². The molecule has 0 fully saturated rings. The van der Waals surface area contributed by atoms with Gasteiger partial charge in [0.1, 0.15) is 5.75 Å². The van der Waals surface area contributed by atoms with Gasteiger partial charge in [-0.2, -0.15) is 0 Å². The summed E-state index contributed by atoms with van der Waals surface area (Å²) in [6.07, 6.45) is 0. The molecule has 0 amide bonds. The average Bonchev–Trinajstić information content (AvgIpc) is 2.85. The summed E-state index contributed by atoms with van der Waals surface area (Å²) in [5, 5.41) is 1.76. The van der Waals surface area contributed by atoms with Gasteiger partial charge in [-0.15, -0.1) is 11.3 Å². The van der Waals surface area contributed by atoms with Crippen molar-refractivity contribution in [3.05, 3.63) is 51.7 Å². The number of thiophene rings is 1. The van der Waals surface area contributed by atoms with Crippen molar-refractivity contribution in [1.82, 2.24) is 0 Å². The Morgan fingerprint density at radius 3 is 2.58 bits per heavy atom. The minimum atomic E-state index is -3.58. The number of aryl methyl sites for hydroxylation is 2. The molecular weight excluding hydrogens is 280 g/mol. The van der Waals surface area contributed by atoms with Crippen molar-refractivity contribution in [2.75, 3.05) is 5.75 Å². The Kier molecular flexibility index (Phi) is 3.87. The van der Waals surface area contributed by atoms with Crippen LogP contribution in [-0.4, -0.2) is 20.0 Å². The fraction of sp³-hybridized carbons (Fsp3) is 0.214. The number of sulfone groups is 1. The Labute approximate surface area is 116 Å². The van der Waals surface area contributed by atoms with Crippen LogP contribution in [0, 0.1) is 13.8 Å². The molecule has 1 aromatic carbocycles. The number of carbonyl (C=O) groups is 1. The molecule has 2 rings (SSSR count). The first-order chi connectivity index (χ1) is 8.90. The molecule has 0 atom stereocenters. The zero-order valence-corrected chi connectivity index (χ0v) is 12.3. The first kappa shape index (κ1) is 14.0. The van der Waals surface area contributed by atoms with Crippen molar-refractivity contribution in [2.24, 2.45) is 0 Å². The molecule has 3 nitrogen and oxygen atoms in total. The third-order valence-electron chi connectivity index (χ3n) is 2.80. The van der Waals surface area contributed by atoms with Crippen molar-refractivity contribution in [3.63, 3.8) is 0 Å². The van der Waals surface area contributed by atoms with E-state index in [-0.39, 0.29) is 10.7 Å². The van der Waals surface area contributed by atoms with Crippen LogP contribution in [0.15, 0.2) is 40.6 Å². The zero-order valence-electron chi connectivity index (χ0n) is 10.7. The Bertz CT molecular complexity index is 698. The van der Waals surface area contributed by atoms with E-state index in [1.165, 1.54) is 11.3 Å². The summed E-state index contributed by atoms with van der Waals surface area (Å²) < 4.78 is 24.6. The highest BCUT2D eigenvalue weighted by Crippen LogP contribution is 2.20. The Morgan fingerprint density at radius 1 is 1.21 bits per heavy atom. The van der Waals surface area contributed by atoms with Crippen molar-refractivity contribution in [3.8, 4) is 0 Å². The van der Waals surface area contributed by atoms with Crippen LogP contribution >= 0.6 is 11.3 Å². The lowest BCUT2D eigenvalue weighted by atomic mass is 10.2. The summed E-state index contributed by atoms with van der Waals surface area (Å²) in [4.78, 5) is 12.7. The standard InChI is InChI=1S/C14H14O3S2/c1-10-5-6-11(2)14(8-10)19(16,17)9-12(15)13-4-3-7-18-13/h3-8H,9H2,1-2H3. The molecule has 2 aromatic rings. The lowest BCUT2D eigenvalue weighted by Crippen LogP contribution is -2.16. The van der Waals surface area contributed by atoms with Gasteiger partial charge in [0.05, 0.1) is 9.77 Å². The summed E-state index contributed by atoms with van der Waals surface area (Å²) in [5.74, 6) is -0.825. The third kappa shape index (κ3) is 3.11. The maximum Gasteiger partial charge on any atom is 0.188 e. The normalized spacial score (nSPS) is 11.5. The number of carbonyl (C=O) groups excluding carboxylic acids is 1. The van der Waals surface area contributed by atoms with Gasteiger partial charge in [-0.3, -0.25) is 4.79 Å². The quantitative estimate of drug-likeness (QED) is 0.814. The molecular formula is C14H14O3S2. The third-order valence-corrected chi connectivity index (χ3v) is 5.46. The van der Waals surface area contributed by atoms with Gasteiger partial charge in [-0.05, 0) is 42.5 Å². The first-order valence-corrected chi connectivity index (χ1v) is 8.30. The van der Waals surface area contributed by atoms with Crippen LogP contribution in [0.3, 0.4) is 0 Å². The number of hydrogen-bond acceptors (Lipinski definition) is 4. The fourth-order valence-electron chi connectivity index (χ4n) is 1.80. The van der Waals surface area contributed by atoms with E-state index in [4.69, 9.17) is 0 Å². The molecule has 0 aliphatic heterocycles. The van der Waals surface area contributed by atoms with Gasteiger partial charge in [0.15, 0.2) is 15.6 Å². The van der Waals surface area contributed by atoms with Crippen LogP contribution in [0.4, 0.5) is 0 Å². The monoisotopic (exact) mass is 294 g/mol. The molecule has 19 heavy (non-hydrogen) atoms. The highest BCUT2D eigenvalue weighted by Gasteiger charge is 2.22. The summed E-state index contributed by atoms with van der Waals surface area (Å²) in [6, 6.07) is 8.62. The lowest BCUT2D eigenvalue weighted by molar-refractivity contribution is 0.102. The molecule has 100 valence electrons. The van der Waals surface area contributed by atoms with Gasteiger partial charge >= 0.3 is 0 Å². The van der Waals surface area contributed by atoms with Gasteiger partial charge in [0, 0.05) is 0 Å². The highest BCUT2D eigenvalue weighted by molar-refractivity contribution is 7.92. The number of ketones is 1. The van der Waals surface area contributed by atoms with Crippen molar-refractivity contribution in [1.29, 1.82) is 0 Å². The maximum atomic E-state index is 12.3. The highest BCUT2D eigenvalue weighted by atomic mass is 32.2. The van der Waals surface area contributed by atoms with Crippen molar-refractivity contribution < 1.29 is 13.2 Å². The zero-order chi connectivity index (χ0) is 14.0. The second-order valence-corrected chi connectivity index (χ2v) is 7.33. The van der Waals surface area contributed by atoms with Gasteiger partial charge in [-0.1, -0.05) is 18.2 Å². The maximum absolute atomic E-state index is 12.3. The Balaban J connectivity index is 2.33. The minimum Gasteiger partial charge on any atom is -0.292 e. The number of Topliss-reactive ketones (excluding diaryl/α,β-unsaturated/α-hetero) is 1. The summed E-state index contributed by atoms with van der Waals surface area (Å²) in [7, 11) is -3.58. The van der Waals surface area contributed by atoms with E-state index in [1.807, 2.05) is 13.0 Å². The number of hydrogen-bond donors (Lipinski definition) is 0. The molecule has 0 radical (unpaired) electrons. The van der Waals surface area contributed by atoms with Gasteiger partial charge in [0.2, 0.25) is 0 Å². The van der Waals surface area contributed by atoms with E-state index in [0.29, 0.717) is 10.4 Å². The largest absolute Gasteiger partial charge is 0.292 e. The predicted octanol–water partition coefficient (Wildman–Crippen LogP) is 3.02. The molecule has 1 aromatic heterocycles. The van der Waals surface area contributed by atoms with Crippen LogP contribution in [0.25, 0.3) is 0 Å². The molecule has 0 N–H and O–H groups in total. The Hall–Kier alpha value is -1.46. The fourth-order valence-corrected chi connectivity index (χ4v) is 4.14. The van der Waals surface area contributed by atoms with E-state index >= 15 is 0 Å². The van der Waals surface area contributed by atoms with Crippen LogP contribution in [0.2, 0.25) is 0 Å². The molecule has 0 aliphatic carbocycles. The second kappa shape index (κ2) is 5.27. The molecule has 0 spiro atoms. The predicted molar refractivity (Wildman–Crippen MR) is 76.6 cm³/mol. The molecule has 0 unspecified atom stereocenters. The van der Waals surface area contributed by atoms with E-state index in [1.54, 1.807) is 36.6 Å². The van der Waals surface area contributed by atoms with Crippen LogP contribution in [0.1, 0.15) is 20.8 Å².